The van der Waals surface area contributed by atoms with Gasteiger partial charge in [0.15, 0.2) is 0 Å². The van der Waals surface area contributed by atoms with Crippen LogP contribution in [0.4, 0.5) is 4.79 Å². The minimum absolute atomic E-state index is 0.285. The summed E-state index contributed by atoms with van der Waals surface area (Å²) in [4.78, 5) is 11.1. The number of ether oxygens (including phenoxy) is 2. The van der Waals surface area contributed by atoms with Crippen molar-refractivity contribution in [2.45, 2.75) is 51.7 Å². The standard InChI is InChI=1S/C9H17NO2.C4H9NO/c1-9(2,3)12-8(11)10-7-5-4-6-7;1-3-6-4-2-5-1/h7H,4-6H2,1-3H3,(H,10,11);5H,1-4H2. The summed E-state index contributed by atoms with van der Waals surface area (Å²) in [5, 5.41) is 5.97. The first-order chi connectivity index (χ1) is 8.47. The van der Waals surface area contributed by atoms with Gasteiger partial charge in [-0.25, -0.2) is 4.79 Å². The molecule has 0 aromatic heterocycles. The average Bonchev–Trinajstić information content (AvgIpc) is 2.25. The summed E-state index contributed by atoms with van der Waals surface area (Å²) in [5.74, 6) is 0. The van der Waals surface area contributed by atoms with Gasteiger partial charge in [-0.05, 0) is 40.0 Å². The van der Waals surface area contributed by atoms with E-state index in [1.165, 1.54) is 6.42 Å². The van der Waals surface area contributed by atoms with E-state index in [0.29, 0.717) is 6.04 Å². The lowest BCUT2D eigenvalue weighted by molar-refractivity contribution is 0.0480. The summed E-state index contributed by atoms with van der Waals surface area (Å²) in [5.41, 5.74) is -0.381. The Bertz CT molecular complexity index is 232. The van der Waals surface area contributed by atoms with E-state index in [4.69, 9.17) is 9.47 Å². The number of hydrogen-bond acceptors (Lipinski definition) is 4. The molecule has 0 radical (unpaired) electrons. The minimum atomic E-state index is -0.381. The maximum Gasteiger partial charge on any atom is 0.407 e. The van der Waals surface area contributed by atoms with Crippen molar-refractivity contribution < 1.29 is 14.3 Å². The van der Waals surface area contributed by atoms with Crippen LogP contribution in [-0.4, -0.2) is 44.0 Å². The first-order valence-corrected chi connectivity index (χ1v) is 6.75. The van der Waals surface area contributed by atoms with Gasteiger partial charge in [-0.2, -0.15) is 0 Å². The lowest BCUT2D eigenvalue weighted by atomic mass is 9.93. The molecule has 0 aromatic carbocycles. The molecule has 1 heterocycles. The van der Waals surface area contributed by atoms with Crippen molar-refractivity contribution in [1.29, 1.82) is 0 Å². The molecule has 5 heteroatoms. The fourth-order valence-corrected chi connectivity index (χ4v) is 1.54. The minimum Gasteiger partial charge on any atom is -0.444 e. The summed E-state index contributed by atoms with van der Waals surface area (Å²) in [6.07, 6.45) is 3.13. The molecule has 18 heavy (non-hydrogen) atoms. The van der Waals surface area contributed by atoms with Crippen LogP contribution < -0.4 is 10.6 Å². The van der Waals surface area contributed by atoms with Crippen LogP contribution in [0.3, 0.4) is 0 Å². The fourth-order valence-electron chi connectivity index (χ4n) is 1.54. The summed E-state index contributed by atoms with van der Waals surface area (Å²) >= 11 is 0. The predicted molar refractivity (Wildman–Crippen MR) is 70.7 cm³/mol. The molecule has 1 amide bonds. The van der Waals surface area contributed by atoms with Crippen LogP contribution in [0.2, 0.25) is 0 Å². The monoisotopic (exact) mass is 258 g/mol. The maximum atomic E-state index is 11.1. The molecule has 1 aliphatic heterocycles. The zero-order valence-corrected chi connectivity index (χ0v) is 11.8. The SMILES string of the molecule is C1COCCN1.CC(C)(C)OC(=O)NC1CCC1. The molecular weight excluding hydrogens is 232 g/mol. The van der Waals surface area contributed by atoms with Crippen molar-refractivity contribution in [3.05, 3.63) is 0 Å². The van der Waals surface area contributed by atoms with E-state index >= 15 is 0 Å². The quantitative estimate of drug-likeness (QED) is 0.751. The molecule has 5 nitrogen and oxygen atoms in total. The van der Waals surface area contributed by atoms with Gasteiger partial charge < -0.3 is 20.1 Å². The molecule has 0 aromatic rings. The van der Waals surface area contributed by atoms with Crippen LogP contribution in [0.25, 0.3) is 0 Å². The van der Waals surface area contributed by atoms with E-state index in [-0.39, 0.29) is 11.7 Å². The maximum absolute atomic E-state index is 11.1. The third-order valence-corrected chi connectivity index (χ3v) is 2.67. The molecule has 106 valence electrons. The molecule has 1 aliphatic carbocycles. The molecule has 2 rings (SSSR count). The van der Waals surface area contributed by atoms with Crippen LogP contribution in [0.15, 0.2) is 0 Å². The fraction of sp³-hybridized carbons (Fsp3) is 0.923. The average molecular weight is 258 g/mol. The van der Waals surface area contributed by atoms with Crippen LogP contribution in [-0.2, 0) is 9.47 Å². The zero-order valence-electron chi connectivity index (χ0n) is 11.8. The molecule has 0 atom stereocenters. The topological polar surface area (TPSA) is 59.6 Å². The summed E-state index contributed by atoms with van der Waals surface area (Å²) in [6, 6.07) is 0.361. The Hall–Kier alpha value is -0.810. The number of nitrogens with one attached hydrogen (secondary N) is 2. The molecule has 0 spiro atoms. The molecule has 1 saturated heterocycles. The van der Waals surface area contributed by atoms with Gasteiger partial charge in [0.1, 0.15) is 5.60 Å². The Morgan fingerprint density at radius 2 is 1.89 bits per heavy atom. The number of hydrogen-bond donors (Lipinski definition) is 2. The number of carbonyl (C=O) groups excluding carboxylic acids is 1. The summed E-state index contributed by atoms with van der Waals surface area (Å²) < 4.78 is 10.1. The highest BCUT2D eigenvalue weighted by Crippen LogP contribution is 2.18. The molecule has 0 unspecified atom stereocenters. The highest BCUT2D eigenvalue weighted by Gasteiger charge is 2.22. The van der Waals surface area contributed by atoms with Crippen molar-refractivity contribution in [2.24, 2.45) is 0 Å². The number of carbonyl (C=O) groups is 1. The predicted octanol–water partition coefficient (Wildman–Crippen LogP) is 1.67. The third-order valence-electron chi connectivity index (χ3n) is 2.67. The Morgan fingerprint density at radius 1 is 1.28 bits per heavy atom. The van der Waals surface area contributed by atoms with Gasteiger partial charge >= 0.3 is 6.09 Å². The molecule has 2 aliphatic rings. The molecule has 2 N–H and O–H groups in total. The largest absolute Gasteiger partial charge is 0.444 e. The Labute approximate surface area is 110 Å². The number of rotatable bonds is 1. The second-order valence-electron chi connectivity index (χ2n) is 5.64. The first kappa shape index (κ1) is 15.2. The normalized spacial score (nSPS) is 20.2. The zero-order chi connectivity index (χ0) is 13.4. The summed E-state index contributed by atoms with van der Waals surface area (Å²) in [7, 11) is 0. The summed E-state index contributed by atoms with van der Waals surface area (Å²) in [6.45, 7) is 9.44. The molecular formula is C13H26N2O3. The van der Waals surface area contributed by atoms with Crippen molar-refractivity contribution in [1.82, 2.24) is 10.6 Å². The van der Waals surface area contributed by atoms with E-state index in [1.54, 1.807) is 0 Å². The van der Waals surface area contributed by atoms with Gasteiger partial charge in [-0.3, -0.25) is 0 Å². The van der Waals surface area contributed by atoms with E-state index in [2.05, 4.69) is 10.6 Å². The van der Waals surface area contributed by atoms with Crippen molar-refractivity contribution in [3.63, 3.8) is 0 Å². The van der Waals surface area contributed by atoms with Gasteiger partial charge in [0, 0.05) is 19.1 Å². The van der Waals surface area contributed by atoms with Crippen molar-refractivity contribution >= 4 is 6.09 Å². The number of morpholine rings is 1. The molecule has 2 fully saturated rings. The number of alkyl carbamates (subject to hydrolysis) is 1. The lowest BCUT2D eigenvalue weighted by Gasteiger charge is -2.28. The highest BCUT2D eigenvalue weighted by molar-refractivity contribution is 5.68. The van der Waals surface area contributed by atoms with Crippen LogP contribution in [0, 0.1) is 0 Å². The second-order valence-corrected chi connectivity index (χ2v) is 5.64. The van der Waals surface area contributed by atoms with E-state index in [1.807, 2.05) is 20.8 Å². The van der Waals surface area contributed by atoms with Crippen molar-refractivity contribution in [3.8, 4) is 0 Å². The van der Waals surface area contributed by atoms with Gasteiger partial charge in [0.05, 0.1) is 13.2 Å². The molecule has 1 saturated carbocycles. The van der Waals surface area contributed by atoms with Crippen LogP contribution in [0.1, 0.15) is 40.0 Å². The third kappa shape index (κ3) is 7.50. The van der Waals surface area contributed by atoms with E-state index in [0.717, 1.165) is 39.1 Å². The van der Waals surface area contributed by atoms with E-state index < -0.39 is 0 Å². The Balaban J connectivity index is 0.000000225. The smallest absolute Gasteiger partial charge is 0.407 e. The molecule has 0 bridgehead atoms. The highest BCUT2D eigenvalue weighted by atomic mass is 16.6. The van der Waals surface area contributed by atoms with Gasteiger partial charge in [0.25, 0.3) is 0 Å². The van der Waals surface area contributed by atoms with Gasteiger partial charge in [-0.15, -0.1) is 0 Å². The van der Waals surface area contributed by atoms with Gasteiger partial charge in [-0.1, -0.05) is 0 Å². The van der Waals surface area contributed by atoms with E-state index in [9.17, 15) is 4.79 Å². The second kappa shape index (κ2) is 7.59. The lowest BCUT2D eigenvalue weighted by Crippen LogP contribution is -2.42. The van der Waals surface area contributed by atoms with Crippen LogP contribution >= 0.6 is 0 Å². The van der Waals surface area contributed by atoms with Crippen LogP contribution in [0.5, 0.6) is 0 Å². The Kier molecular flexibility index (Phi) is 6.43. The number of amides is 1. The first-order valence-electron chi connectivity index (χ1n) is 6.75. The van der Waals surface area contributed by atoms with Crippen molar-refractivity contribution in [2.75, 3.05) is 26.3 Å². The Morgan fingerprint density at radius 3 is 2.17 bits per heavy atom. The van der Waals surface area contributed by atoms with Gasteiger partial charge in [0.2, 0.25) is 0 Å².